The summed E-state index contributed by atoms with van der Waals surface area (Å²) in [5.41, 5.74) is 0. The average molecular weight is 266 g/mol. The van der Waals surface area contributed by atoms with E-state index in [0.29, 0.717) is 0 Å². The van der Waals surface area contributed by atoms with E-state index in [0.717, 1.165) is 0 Å². The largest absolute Gasteiger partial charge is 1.00 e. The van der Waals surface area contributed by atoms with Gasteiger partial charge in [-0.15, -0.1) is 0 Å². The van der Waals surface area contributed by atoms with Gasteiger partial charge in [0.25, 0.3) is 0 Å². The van der Waals surface area contributed by atoms with Crippen LogP contribution in [0.15, 0.2) is 0 Å². The molecular weight excluding hydrogens is 262 g/mol. The van der Waals surface area contributed by atoms with Crippen LogP contribution in [0.2, 0.25) is 0 Å². The Morgan fingerprint density at radius 2 is 1.90 bits per heavy atom. The van der Waals surface area contributed by atoms with E-state index in [9.17, 15) is 14.7 Å². The number of hydrogen-bond acceptors (Lipinski definition) is 4. The van der Waals surface area contributed by atoms with E-state index in [4.69, 9.17) is 0 Å². The van der Waals surface area contributed by atoms with Crippen LogP contribution in [0, 0.1) is 0 Å². The van der Waals surface area contributed by atoms with Gasteiger partial charge in [-0.05, 0) is 6.42 Å². The minimum atomic E-state index is -1.24. The first-order valence-electron chi connectivity index (χ1n) is 2.18. The molecule has 0 aromatic rings. The smallest absolute Gasteiger partial charge is 0.550 e. The Kier molecular flexibility index (Phi) is 10.3. The number of hydrogen-bond donors (Lipinski definition) is 0. The molecule has 0 atom stereocenters. The molecule has 0 rings (SSSR count). The van der Waals surface area contributed by atoms with Gasteiger partial charge in [-0.2, -0.15) is 0 Å². The maximum Gasteiger partial charge on any atom is 1.00 e. The molecule has 0 aromatic heterocycles. The number of rotatable bonds is 3. The summed E-state index contributed by atoms with van der Waals surface area (Å²) in [5, 5.41) is 9.70. The number of carboxylic acid groups (broad SMARTS) is 1. The van der Waals surface area contributed by atoms with E-state index in [1.807, 2.05) is 0 Å². The predicted molar refractivity (Wildman–Crippen MR) is 34.4 cm³/mol. The predicted octanol–water partition coefficient (Wildman–Crippen LogP) is -3.59. The maximum absolute atomic E-state index is 10.2. The Morgan fingerprint density at radius 1 is 1.40 bits per heavy atom. The first-order valence-corrected chi connectivity index (χ1v) is 3.06. The third kappa shape index (κ3) is 8.67. The van der Waals surface area contributed by atoms with E-state index < -0.39 is 11.9 Å². The molecule has 10 heavy (non-hydrogen) atoms. The second-order valence-electron chi connectivity index (χ2n) is 1.32. The Bertz CT molecular complexity index is 126. The monoisotopic (exact) mass is 266 g/mol. The van der Waals surface area contributed by atoms with Crippen molar-refractivity contribution < 1.29 is 47.3 Å². The molecule has 0 N–H and O–H groups in total. The van der Waals surface area contributed by atoms with Crippen LogP contribution in [0.1, 0.15) is 12.8 Å². The molecule has 0 aromatic carbocycles. The van der Waals surface area contributed by atoms with Crippen LogP contribution in [-0.4, -0.2) is 11.9 Å². The average Bonchev–Trinajstić information content (AvgIpc) is 1.83. The van der Waals surface area contributed by atoms with Gasteiger partial charge in [0.15, 0.2) is 23.0 Å². The molecular formula is C4H4INaO4. The van der Waals surface area contributed by atoms with E-state index in [1.54, 1.807) is 0 Å². The summed E-state index contributed by atoms with van der Waals surface area (Å²) in [7, 11) is 0. The quantitative estimate of drug-likeness (QED) is 0.391. The summed E-state index contributed by atoms with van der Waals surface area (Å²) in [6, 6.07) is 0. The fourth-order valence-electron chi connectivity index (χ4n) is 0.243. The fraction of sp³-hybridized carbons (Fsp3) is 0.500. The molecule has 0 saturated heterocycles. The zero-order valence-corrected chi connectivity index (χ0v) is 9.58. The summed E-state index contributed by atoms with van der Waals surface area (Å²) >= 11 is 1.40. The van der Waals surface area contributed by atoms with E-state index in [1.165, 1.54) is 23.0 Å². The van der Waals surface area contributed by atoms with Gasteiger partial charge in [0.1, 0.15) is 0 Å². The van der Waals surface area contributed by atoms with Gasteiger partial charge in [-0.3, -0.25) is 4.79 Å². The van der Waals surface area contributed by atoms with Gasteiger partial charge in [0.2, 0.25) is 0 Å². The van der Waals surface area contributed by atoms with Crippen molar-refractivity contribution in [1.82, 2.24) is 0 Å². The molecule has 0 aliphatic heterocycles. The third-order valence-corrected chi connectivity index (χ3v) is 1.11. The van der Waals surface area contributed by atoms with Gasteiger partial charge in [-0.1, -0.05) is 0 Å². The van der Waals surface area contributed by atoms with Crippen molar-refractivity contribution in [1.29, 1.82) is 0 Å². The standard InChI is InChI=1S/C4H5IO4.Na/c5-9-4(8)2-1-3(6)7;/h1-2H2,(H,6,7);/q;+1/p-1. The zero-order chi connectivity index (χ0) is 7.28. The van der Waals surface area contributed by atoms with Crippen LogP contribution in [0.5, 0.6) is 0 Å². The molecule has 0 heterocycles. The zero-order valence-electron chi connectivity index (χ0n) is 5.43. The molecule has 52 valence electrons. The summed E-state index contributed by atoms with van der Waals surface area (Å²) in [6.07, 6.45) is -0.396. The number of carbonyl (C=O) groups excluding carboxylic acids is 2. The van der Waals surface area contributed by atoms with Crippen molar-refractivity contribution in [3.63, 3.8) is 0 Å². The summed E-state index contributed by atoms with van der Waals surface area (Å²) < 4.78 is 4.14. The van der Waals surface area contributed by atoms with E-state index in [2.05, 4.69) is 3.07 Å². The Morgan fingerprint density at radius 3 is 2.20 bits per heavy atom. The van der Waals surface area contributed by atoms with Crippen LogP contribution in [0.25, 0.3) is 0 Å². The molecule has 0 spiro atoms. The SMILES string of the molecule is O=C([O-])CCC(=O)OI.[Na+]. The van der Waals surface area contributed by atoms with Crippen molar-refractivity contribution in [2.75, 3.05) is 0 Å². The molecule has 0 bridgehead atoms. The summed E-state index contributed by atoms with van der Waals surface area (Å²) in [5.74, 6) is -1.78. The first-order chi connectivity index (χ1) is 4.16. The first kappa shape index (κ1) is 13.3. The van der Waals surface area contributed by atoms with Gasteiger partial charge in [0, 0.05) is 5.97 Å². The van der Waals surface area contributed by atoms with Crippen molar-refractivity contribution >= 4 is 34.9 Å². The topological polar surface area (TPSA) is 66.4 Å². The van der Waals surface area contributed by atoms with Crippen LogP contribution in [0.4, 0.5) is 0 Å². The number of halogens is 1. The van der Waals surface area contributed by atoms with Gasteiger partial charge < -0.3 is 13.0 Å². The summed E-state index contributed by atoms with van der Waals surface area (Å²) in [6.45, 7) is 0. The second-order valence-corrected chi connectivity index (χ2v) is 1.76. The minimum Gasteiger partial charge on any atom is -0.550 e. The Hall–Kier alpha value is 0.670. The molecule has 0 aliphatic rings. The summed E-state index contributed by atoms with van der Waals surface area (Å²) in [4.78, 5) is 19.9. The second kappa shape index (κ2) is 7.77. The third-order valence-electron chi connectivity index (χ3n) is 0.619. The minimum absolute atomic E-state index is 0. The number of aliphatic carboxylic acids is 1. The van der Waals surface area contributed by atoms with Gasteiger partial charge >= 0.3 is 35.5 Å². The van der Waals surface area contributed by atoms with E-state index in [-0.39, 0.29) is 42.4 Å². The number of carbonyl (C=O) groups is 2. The van der Waals surface area contributed by atoms with Crippen LogP contribution < -0.4 is 34.7 Å². The molecule has 0 fully saturated rings. The normalized spacial score (nSPS) is 7.70. The Labute approximate surface area is 94.3 Å². The van der Waals surface area contributed by atoms with Crippen LogP contribution in [0.3, 0.4) is 0 Å². The fourth-order valence-corrected chi connectivity index (χ4v) is 0.463. The maximum atomic E-state index is 10.2. The van der Waals surface area contributed by atoms with Crippen molar-refractivity contribution in [2.24, 2.45) is 0 Å². The molecule has 0 saturated carbocycles. The van der Waals surface area contributed by atoms with Gasteiger partial charge in [-0.25, -0.2) is 0 Å². The molecule has 0 aliphatic carbocycles. The van der Waals surface area contributed by atoms with E-state index >= 15 is 0 Å². The van der Waals surface area contributed by atoms with Crippen LogP contribution in [-0.2, 0) is 12.7 Å². The molecule has 0 unspecified atom stereocenters. The molecule has 0 amide bonds. The molecule has 6 heteroatoms. The Balaban J connectivity index is 0. The number of carboxylic acids is 1. The molecule has 0 radical (unpaired) electrons. The van der Waals surface area contributed by atoms with Crippen molar-refractivity contribution in [2.45, 2.75) is 12.8 Å². The molecule has 4 nitrogen and oxygen atoms in total. The van der Waals surface area contributed by atoms with Crippen LogP contribution >= 0.6 is 23.0 Å². The van der Waals surface area contributed by atoms with Crippen molar-refractivity contribution in [3.05, 3.63) is 0 Å². The van der Waals surface area contributed by atoms with Crippen molar-refractivity contribution in [3.8, 4) is 0 Å². The van der Waals surface area contributed by atoms with Gasteiger partial charge in [0.05, 0.1) is 6.42 Å².